The molecule has 8 heteroatoms. The quantitative estimate of drug-likeness (QED) is 0.557. The van der Waals surface area contributed by atoms with Crippen LogP contribution >= 0.6 is 11.3 Å². The Morgan fingerprint density at radius 3 is 2.82 bits per heavy atom. The monoisotopic (exact) mass is 393 g/mol. The van der Waals surface area contributed by atoms with Gasteiger partial charge in [0.2, 0.25) is 0 Å². The molecule has 3 aromatic heterocycles. The van der Waals surface area contributed by atoms with Crippen LogP contribution in [0.2, 0.25) is 0 Å². The van der Waals surface area contributed by atoms with Crippen LogP contribution in [0.15, 0.2) is 41.9 Å². The molecule has 0 spiro atoms. The number of aromatic nitrogens is 4. The fourth-order valence-electron chi connectivity index (χ4n) is 2.83. The molecule has 3 heterocycles. The normalized spacial score (nSPS) is 11.0. The number of carbonyl (C=O) groups excluding carboxylic acids is 1. The Morgan fingerprint density at radius 2 is 2.04 bits per heavy atom. The first kappa shape index (κ1) is 18.1. The smallest absolute Gasteiger partial charge is 0.275 e. The molecule has 7 nitrogen and oxygen atoms in total. The minimum Gasteiger partial charge on any atom is -0.486 e. The van der Waals surface area contributed by atoms with Crippen LogP contribution in [-0.2, 0) is 13.7 Å². The highest BCUT2D eigenvalue weighted by Gasteiger charge is 2.13. The van der Waals surface area contributed by atoms with Gasteiger partial charge in [-0.3, -0.25) is 9.48 Å². The summed E-state index contributed by atoms with van der Waals surface area (Å²) in [6, 6.07) is 9.69. The van der Waals surface area contributed by atoms with E-state index < -0.39 is 0 Å². The van der Waals surface area contributed by atoms with Crippen LogP contribution in [0.5, 0.6) is 5.75 Å². The fraction of sp³-hybridized carbons (Fsp3) is 0.200. The number of hydrogen-bond donors (Lipinski definition) is 1. The molecule has 28 heavy (non-hydrogen) atoms. The number of aryl methyl sites for hydroxylation is 3. The Morgan fingerprint density at radius 1 is 1.25 bits per heavy atom. The molecule has 0 saturated heterocycles. The van der Waals surface area contributed by atoms with Crippen molar-refractivity contribution in [2.75, 3.05) is 5.32 Å². The van der Waals surface area contributed by atoms with Gasteiger partial charge in [0.15, 0.2) is 5.65 Å². The van der Waals surface area contributed by atoms with Crippen LogP contribution in [0.3, 0.4) is 0 Å². The van der Waals surface area contributed by atoms with Gasteiger partial charge >= 0.3 is 0 Å². The van der Waals surface area contributed by atoms with Crippen molar-refractivity contribution < 1.29 is 9.53 Å². The topological polar surface area (TPSA) is 81.9 Å². The van der Waals surface area contributed by atoms with Gasteiger partial charge in [0.25, 0.3) is 5.91 Å². The van der Waals surface area contributed by atoms with Gasteiger partial charge in [-0.05, 0) is 32.0 Å². The van der Waals surface area contributed by atoms with Gasteiger partial charge in [0.1, 0.15) is 23.1 Å². The Hall–Kier alpha value is -3.26. The predicted molar refractivity (Wildman–Crippen MR) is 109 cm³/mol. The summed E-state index contributed by atoms with van der Waals surface area (Å²) in [4.78, 5) is 21.2. The summed E-state index contributed by atoms with van der Waals surface area (Å²) in [6.45, 7) is 4.26. The highest BCUT2D eigenvalue weighted by Crippen LogP contribution is 2.21. The van der Waals surface area contributed by atoms with Crippen LogP contribution in [0.1, 0.15) is 26.8 Å². The lowest BCUT2D eigenvalue weighted by atomic mass is 10.2. The number of rotatable bonds is 5. The largest absolute Gasteiger partial charge is 0.486 e. The zero-order chi connectivity index (χ0) is 19.7. The molecule has 0 aliphatic carbocycles. The summed E-state index contributed by atoms with van der Waals surface area (Å²) in [5.74, 6) is 0.499. The molecule has 0 atom stereocenters. The van der Waals surface area contributed by atoms with Crippen molar-refractivity contribution in [2.45, 2.75) is 20.5 Å². The number of benzene rings is 1. The number of amides is 1. The third-order valence-corrected chi connectivity index (χ3v) is 5.11. The number of ether oxygens (including phenoxy) is 1. The van der Waals surface area contributed by atoms with Crippen molar-refractivity contribution in [2.24, 2.45) is 7.05 Å². The number of hydrogen-bond acceptors (Lipinski definition) is 6. The first-order valence-electron chi connectivity index (χ1n) is 8.74. The molecule has 0 fully saturated rings. The minimum absolute atomic E-state index is 0.277. The zero-order valence-electron chi connectivity index (χ0n) is 15.8. The predicted octanol–water partition coefficient (Wildman–Crippen LogP) is 3.87. The second-order valence-electron chi connectivity index (χ2n) is 6.49. The number of nitrogens with one attached hydrogen (secondary N) is 1. The third-order valence-electron chi connectivity index (χ3n) is 4.29. The lowest BCUT2D eigenvalue weighted by molar-refractivity contribution is 0.102. The average molecular weight is 393 g/mol. The molecule has 0 aliphatic heterocycles. The Labute approximate surface area is 166 Å². The van der Waals surface area contributed by atoms with E-state index in [9.17, 15) is 4.79 Å². The van der Waals surface area contributed by atoms with E-state index in [-0.39, 0.29) is 5.91 Å². The Balaban J connectivity index is 1.42. The first-order chi connectivity index (χ1) is 13.5. The van der Waals surface area contributed by atoms with Crippen molar-refractivity contribution in [3.8, 4) is 5.75 Å². The number of pyridine rings is 1. The summed E-state index contributed by atoms with van der Waals surface area (Å²) in [5.41, 5.74) is 3.79. The van der Waals surface area contributed by atoms with Crippen LogP contribution in [0.25, 0.3) is 11.0 Å². The second kappa shape index (κ2) is 7.40. The maximum absolute atomic E-state index is 12.5. The lowest BCUT2D eigenvalue weighted by Crippen LogP contribution is -2.12. The lowest BCUT2D eigenvalue weighted by Gasteiger charge is -2.04. The van der Waals surface area contributed by atoms with Gasteiger partial charge in [0, 0.05) is 17.8 Å². The molecule has 0 aliphatic rings. The zero-order valence-corrected chi connectivity index (χ0v) is 16.6. The Bertz CT molecular complexity index is 1150. The summed E-state index contributed by atoms with van der Waals surface area (Å²) in [7, 11) is 1.84. The van der Waals surface area contributed by atoms with Crippen molar-refractivity contribution in [3.63, 3.8) is 0 Å². The summed E-state index contributed by atoms with van der Waals surface area (Å²) < 4.78 is 7.44. The molecule has 0 saturated carbocycles. The second-order valence-corrected chi connectivity index (χ2v) is 7.43. The van der Waals surface area contributed by atoms with Gasteiger partial charge in [-0.15, -0.1) is 11.3 Å². The molecular formula is C20H19N5O2S. The van der Waals surface area contributed by atoms with Crippen LogP contribution in [-0.4, -0.2) is 25.7 Å². The van der Waals surface area contributed by atoms with E-state index >= 15 is 0 Å². The standard InChI is InChI=1S/C20H19N5O2S/c1-12-4-6-15(7-5-12)27-10-18-23-17(11-28-18)20(26)22-14-8-16-13(2)24-25(3)19(16)21-9-14/h4-9,11H,10H2,1-3H3,(H,22,26). The highest BCUT2D eigenvalue weighted by atomic mass is 32.1. The van der Waals surface area contributed by atoms with Gasteiger partial charge in [-0.25, -0.2) is 9.97 Å². The maximum atomic E-state index is 12.5. The molecule has 4 rings (SSSR count). The van der Waals surface area contributed by atoms with Crippen LogP contribution in [0.4, 0.5) is 5.69 Å². The maximum Gasteiger partial charge on any atom is 0.275 e. The fourth-order valence-corrected chi connectivity index (χ4v) is 3.52. The molecular weight excluding hydrogens is 374 g/mol. The molecule has 0 unspecified atom stereocenters. The van der Waals surface area contributed by atoms with E-state index in [4.69, 9.17) is 4.74 Å². The van der Waals surface area contributed by atoms with Crippen LogP contribution in [0, 0.1) is 13.8 Å². The number of fused-ring (bicyclic) bond motifs is 1. The van der Waals surface area contributed by atoms with Gasteiger partial charge < -0.3 is 10.1 Å². The number of anilines is 1. The molecule has 1 amide bonds. The van der Waals surface area contributed by atoms with E-state index in [0.29, 0.717) is 18.0 Å². The van der Waals surface area contributed by atoms with Crippen LogP contribution < -0.4 is 10.1 Å². The van der Waals surface area contributed by atoms with E-state index in [1.54, 1.807) is 16.3 Å². The Kier molecular flexibility index (Phi) is 4.79. The van der Waals surface area contributed by atoms with Gasteiger partial charge in [0.05, 0.1) is 17.6 Å². The van der Waals surface area contributed by atoms with E-state index in [1.807, 2.05) is 51.2 Å². The van der Waals surface area contributed by atoms with Crippen molar-refractivity contribution in [1.29, 1.82) is 0 Å². The van der Waals surface area contributed by atoms with Crippen molar-refractivity contribution >= 4 is 34.0 Å². The summed E-state index contributed by atoms with van der Waals surface area (Å²) in [5, 5.41) is 10.6. The van der Waals surface area contributed by atoms with Gasteiger partial charge in [-0.2, -0.15) is 5.10 Å². The third kappa shape index (κ3) is 3.72. The van der Waals surface area contributed by atoms with E-state index in [1.165, 1.54) is 16.9 Å². The summed E-state index contributed by atoms with van der Waals surface area (Å²) >= 11 is 1.39. The highest BCUT2D eigenvalue weighted by molar-refractivity contribution is 7.09. The van der Waals surface area contributed by atoms with E-state index in [0.717, 1.165) is 27.5 Å². The molecule has 1 aromatic carbocycles. The number of carbonyl (C=O) groups is 1. The molecule has 142 valence electrons. The first-order valence-corrected chi connectivity index (χ1v) is 9.62. The minimum atomic E-state index is -0.277. The van der Waals surface area contributed by atoms with Gasteiger partial charge in [-0.1, -0.05) is 17.7 Å². The summed E-state index contributed by atoms with van der Waals surface area (Å²) in [6.07, 6.45) is 1.62. The average Bonchev–Trinajstić information content (AvgIpc) is 3.26. The number of thiazole rings is 1. The molecule has 0 bridgehead atoms. The molecule has 0 radical (unpaired) electrons. The molecule has 4 aromatic rings. The number of nitrogens with zero attached hydrogens (tertiary/aromatic N) is 4. The van der Waals surface area contributed by atoms with Crippen molar-refractivity contribution in [1.82, 2.24) is 19.7 Å². The van der Waals surface area contributed by atoms with Crippen molar-refractivity contribution in [3.05, 3.63) is 63.9 Å². The molecule has 1 N–H and O–H groups in total. The van der Waals surface area contributed by atoms with E-state index in [2.05, 4.69) is 20.4 Å². The SMILES string of the molecule is Cc1ccc(OCc2nc(C(=O)Nc3cnc4c(c3)c(C)nn4C)cs2)cc1.